The van der Waals surface area contributed by atoms with Gasteiger partial charge in [-0.3, -0.25) is 0 Å². The molecule has 0 fully saturated rings. The molecule has 62 valence electrons. The third-order valence-corrected chi connectivity index (χ3v) is 1.38. The predicted molar refractivity (Wildman–Crippen MR) is 43.8 cm³/mol. The molecule has 2 nitrogen and oxygen atoms in total. The van der Waals surface area contributed by atoms with Gasteiger partial charge in [0.05, 0.1) is 6.10 Å². The van der Waals surface area contributed by atoms with Crippen LogP contribution in [0.2, 0.25) is 0 Å². The highest BCUT2D eigenvalue weighted by molar-refractivity contribution is 4.75. The standard InChI is InChI=1S/C8H19NO/c1-4-5-7(10)6-8(2,3)9/h7,10H,4-6,9H2,1-3H3. The van der Waals surface area contributed by atoms with E-state index in [-0.39, 0.29) is 11.6 Å². The van der Waals surface area contributed by atoms with Crippen molar-refractivity contribution in [1.82, 2.24) is 0 Å². The lowest BCUT2D eigenvalue weighted by molar-refractivity contribution is 0.130. The quantitative estimate of drug-likeness (QED) is 0.626. The molecule has 0 saturated carbocycles. The number of aliphatic hydroxyl groups excluding tert-OH is 1. The number of rotatable bonds is 4. The Kier molecular flexibility index (Phi) is 3.91. The van der Waals surface area contributed by atoms with Crippen LogP contribution in [0.4, 0.5) is 0 Å². The van der Waals surface area contributed by atoms with Crippen LogP contribution in [-0.4, -0.2) is 16.7 Å². The monoisotopic (exact) mass is 145 g/mol. The molecule has 2 heteroatoms. The lowest BCUT2D eigenvalue weighted by atomic mass is 9.96. The summed E-state index contributed by atoms with van der Waals surface area (Å²) in [6.45, 7) is 5.94. The van der Waals surface area contributed by atoms with Crippen molar-refractivity contribution in [2.24, 2.45) is 5.73 Å². The van der Waals surface area contributed by atoms with Gasteiger partial charge in [0.25, 0.3) is 0 Å². The first-order valence-electron chi connectivity index (χ1n) is 3.92. The number of hydrogen-bond donors (Lipinski definition) is 2. The van der Waals surface area contributed by atoms with Crippen LogP contribution >= 0.6 is 0 Å². The lowest BCUT2D eigenvalue weighted by Crippen LogP contribution is -2.36. The molecule has 0 spiro atoms. The molecular formula is C8H19NO. The average molecular weight is 145 g/mol. The zero-order valence-electron chi connectivity index (χ0n) is 7.22. The summed E-state index contributed by atoms with van der Waals surface area (Å²) in [7, 11) is 0. The van der Waals surface area contributed by atoms with Crippen LogP contribution in [0.5, 0.6) is 0 Å². The smallest absolute Gasteiger partial charge is 0.0557 e. The SMILES string of the molecule is CCCC(O)CC(C)(C)N. The fraction of sp³-hybridized carbons (Fsp3) is 1.00. The van der Waals surface area contributed by atoms with Gasteiger partial charge in [0.1, 0.15) is 0 Å². The Morgan fingerprint density at radius 1 is 1.50 bits per heavy atom. The van der Waals surface area contributed by atoms with E-state index < -0.39 is 0 Å². The Morgan fingerprint density at radius 2 is 2.00 bits per heavy atom. The van der Waals surface area contributed by atoms with E-state index in [2.05, 4.69) is 6.92 Å². The van der Waals surface area contributed by atoms with Gasteiger partial charge in [0.15, 0.2) is 0 Å². The number of aliphatic hydroxyl groups is 1. The maximum Gasteiger partial charge on any atom is 0.0557 e. The van der Waals surface area contributed by atoms with Crippen molar-refractivity contribution in [2.75, 3.05) is 0 Å². The van der Waals surface area contributed by atoms with E-state index >= 15 is 0 Å². The second-order valence-corrected chi connectivity index (χ2v) is 3.64. The van der Waals surface area contributed by atoms with Gasteiger partial charge in [-0.25, -0.2) is 0 Å². The zero-order chi connectivity index (χ0) is 8.20. The van der Waals surface area contributed by atoms with Crippen LogP contribution in [0.3, 0.4) is 0 Å². The summed E-state index contributed by atoms with van der Waals surface area (Å²) in [5.74, 6) is 0. The van der Waals surface area contributed by atoms with Crippen molar-refractivity contribution in [3.63, 3.8) is 0 Å². The van der Waals surface area contributed by atoms with Gasteiger partial charge in [-0.1, -0.05) is 13.3 Å². The third kappa shape index (κ3) is 6.05. The summed E-state index contributed by atoms with van der Waals surface area (Å²) in [6.07, 6.45) is 2.36. The van der Waals surface area contributed by atoms with E-state index in [1.165, 1.54) is 0 Å². The third-order valence-electron chi connectivity index (χ3n) is 1.38. The molecule has 0 rings (SSSR count). The minimum atomic E-state index is -0.228. The number of nitrogens with two attached hydrogens (primary N) is 1. The maximum atomic E-state index is 9.30. The van der Waals surface area contributed by atoms with E-state index in [0.29, 0.717) is 6.42 Å². The van der Waals surface area contributed by atoms with Crippen LogP contribution in [0.25, 0.3) is 0 Å². The largest absolute Gasteiger partial charge is 0.393 e. The second-order valence-electron chi connectivity index (χ2n) is 3.64. The molecular weight excluding hydrogens is 126 g/mol. The van der Waals surface area contributed by atoms with E-state index in [0.717, 1.165) is 12.8 Å². The first-order chi connectivity index (χ1) is 4.45. The molecule has 0 aromatic heterocycles. The topological polar surface area (TPSA) is 46.2 Å². The molecule has 0 aromatic carbocycles. The molecule has 3 N–H and O–H groups in total. The lowest BCUT2D eigenvalue weighted by Gasteiger charge is -2.21. The van der Waals surface area contributed by atoms with Crippen molar-refractivity contribution in [1.29, 1.82) is 0 Å². The molecule has 0 aromatic rings. The van der Waals surface area contributed by atoms with E-state index in [1.54, 1.807) is 0 Å². The van der Waals surface area contributed by atoms with Gasteiger partial charge in [-0.2, -0.15) is 0 Å². The molecule has 10 heavy (non-hydrogen) atoms. The molecule has 0 aliphatic heterocycles. The average Bonchev–Trinajstić information content (AvgIpc) is 1.59. The van der Waals surface area contributed by atoms with E-state index in [1.807, 2.05) is 13.8 Å². The summed E-state index contributed by atoms with van der Waals surface area (Å²) < 4.78 is 0. The molecule has 1 atom stereocenters. The Morgan fingerprint density at radius 3 is 2.30 bits per heavy atom. The Balaban J connectivity index is 3.47. The highest BCUT2D eigenvalue weighted by Gasteiger charge is 2.15. The Hall–Kier alpha value is -0.0800. The second kappa shape index (κ2) is 3.94. The van der Waals surface area contributed by atoms with Gasteiger partial charge in [0.2, 0.25) is 0 Å². The van der Waals surface area contributed by atoms with Crippen molar-refractivity contribution >= 4 is 0 Å². The van der Waals surface area contributed by atoms with E-state index in [9.17, 15) is 5.11 Å². The molecule has 1 unspecified atom stereocenters. The Bertz CT molecular complexity index is 85.7. The van der Waals surface area contributed by atoms with Gasteiger partial charge >= 0.3 is 0 Å². The molecule has 0 bridgehead atoms. The summed E-state index contributed by atoms with van der Waals surface area (Å²) >= 11 is 0. The fourth-order valence-corrected chi connectivity index (χ4v) is 1.04. The molecule has 0 aliphatic rings. The van der Waals surface area contributed by atoms with Crippen molar-refractivity contribution in [3.8, 4) is 0 Å². The van der Waals surface area contributed by atoms with Crippen molar-refractivity contribution in [3.05, 3.63) is 0 Å². The first kappa shape index (κ1) is 9.92. The van der Waals surface area contributed by atoms with Gasteiger partial charge in [0, 0.05) is 5.54 Å². The highest BCUT2D eigenvalue weighted by Crippen LogP contribution is 2.10. The molecule has 0 heterocycles. The molecule has 0 aliphatic carbocycles. The summed E-state index contributed by atoms with van der Waals surface area (Å²) in [5, 5.41) is 9.30. The maximum absolute atomic E-state index is 9.30. The van der Waals surface area contributed by atoms with Gasteiger partial charge in [-0.15, -0.1) is 0 Å². The molecule has 0 radical (unpaired) electrons. The van der Waals surface area contributed by atoms with Crippen LogP contribution in [0.15, 0.2) is 0 Å². The van der Waals surface area contributed by atoms with E-state index in [4.69, 9.17) is 5.73 Å². The summed E-state index contributed by atoms with van der Waals surface area (Å²) in [6, 6.07) is 0. The fourth-order valence-electron chi connectivity index (χ4n) is 1.04. The van der Waals surface area contributed by atoms with Crippen LogP contribution in [0, 0.1) is 0 Å². The molecule has 0 amide bonds. The van der Waals surface area contributed by atoms with Crippen molar-refractivity contribution in [2.45, 2.75) is 51.7 Å². The van der Waals surface area contributed by atoms with Crippen LogP contribution in [-0.2, 0) is 0 Å². The summed E-state index contributed by atoms with van der Waals surface area (Å²) in [4.78, 5) is 0. The number of hydrogen-bond acceptors (Lipinski definition) is 2. The highest BCUT2D eigenvalue weighted by atomic mass is 16.3. The first-order valence-corrected chi connectivity index (χ1v) is 3.92. The minimum Gasteiger partial charge on any atom is -0.393 e. The zero-order valence-corrected chi connectivity index (χ0v) is 7.22. The normalized spacial score (nSPS) is 15.3. The van der Waals surface area contributed by atoms with Crippen LogP contribution in [0.1, 0.15) is 40.0 Å². The Labute approximate surface area is 63.4 Å². The predicted octanol–water partition coefficient (Wildman–Crippen LogP) is 1.27. The minimum absolute atomic E-state index is 0.218. The van der Waals surface area contributed by atoms with Gasteiger partial charge < -0.3 is 10.8 Å². The van der Waals surface area contributed by atoms with Crippen molar-refractivity contribution < 1.29 is 5.11 Å². The van der Waals surface area contributed by atoms with Gasteiger partial charge in [-0.05, 0) is 26.7 Å². The van der Waals surface area contributed by atoms with Crippen LogP contribution < -0.4 is 5.73 Å². The summed E-state index contributed by atoms with van der Waals surface area (Å²) in [5.41, 5.74) is 5.48. The molecule has 0 saturated heterocycles.